The van der Waals surface area contributed by atoms with Crippen LogP contribution in [0.3, 0.4) is 0 Å². The Bertz CT molecular complexity index is 245. The number of rotatable bonds is 5. The fraction of sp³-hybridized carbons (Fsp3) is 0.833. The Morgan fingerprint density at radius 1 is 1.31 bits per heavy atom. The first-order valence-electron chi connectivity index (χ1n) is 6.13. The molecule has 1 aliphatic carbocycles. The van der Waals surface area contributed by atoms with Gasteiger partial charge in [0, 0.05) is 6.54 Å². The number of carbonyl (C=O) groups excluding carboxylic acids is 1. The Morgan fingerprint density at radius 3 is 2.25 bits per heavy atom. The smallest absolute Gasteiger partial charge is 0.329 e. The summed E-state index contributed by atoms with van der Waals surface area (Å²) < 4.78 is 0. The van der Waals surface area contributed by atoms with Crippen molar-refractivity contribution in [1.82, 2.24) is 4.90 Å². The second-order valence-corrected chi connectivity index (χ2v) is 4.55. The van der Waals surface area contributed by atoms with Crippen LogP contribution in [-0.4, -0.2) is 34.5 Å². The number of aliphatic carboxylic acids is 1. The zero-order valence-electron chi connectivity index (χ0n) is 9.95. The second kappa shape index (κ2) is 5.87. The lowest BCUT2D eigenvalue weighted by Gasteiger charge is -2.37. The van der Waals surface area contributed by atoms with Crippen LogP contribution < -0.4 is 0 Å². The Balaban J connectivity index is 2.91. The van der Waals surface area contributed by atoms with E-state index in [1.165, 1.54) is 4.90 Å². The zero-order valence-corrected chi connectivity index (χ0v) is 9.95. The van der Waals surface area contributed by atoms with Gasteiger partial charge in [-0.2, -0.15) is 0 Å². The summed E-state index contributed by atoms with van der Waals surface area (Å²) in [4.78, 5) is 24.1. The molecule has 0 bridgehead atoms. The van der Waals surface area contributed by atoms with Gasteiger partial charge in [-0.15, -0.1) is 0 Å². The van der Waals surface area contributed by atoms with Crippen molar-refractivity contribution in [3.63, 3.8) is 0 Å². The van der Waals surface area contributed by atoms with E-state index in [0.29, 0.717) is 25.8 Å². The van der Waals surface area contributed by atoms with E-state index in [1.807, 2.05) is 6.92 Å². The summed E-state index contributed by atoms with van der Waals surface area (Å²) in [7, 11) is 0. The molecule has 1 aliphatic rings. The topological polar surface area (TPSA) is 57.6 Å². The molecule has 0 spiro atoms. The molecule has 1 N–H and O–H groups in total. The lowest BCUT2D eigenvalue weighted by atomic mass is 9.88. The number of carbonyl (C=O) groups is 2. The first-order valence-corrected chi connectivity index (χ1v) is 6.13. The van der Waals surface area contributed by atoms with Gasteiger partial charge in [-0.1, -0.05) is 32.6 Å². The van der Waals surface area contributed by atoms with Crippen LogP contribution in [-0.2, 0) is 9.59 Å². The largest absolute Gasteiger partial charge is 0.479 e. The van der Waals surface area contributed by atoms with E-state index in [2.05, 4.69) is 0 Å². The van der Waals surface area contributed by atoms with Gasteiger partial charge < -0.3 is 10.0 Å². The third-order valence-electron chi connectivity index (χ3n) is 3.47. The number of nitrogens with zero attached hydrogens (tertiary/aromatic N) is 1. The van der Waals surface area contributed by atoms with E-state index in [0.717, 1.165) is 32.1 Å². The lowest BCUT2D eigenvalue weighted by molar-refractivity contribution is -0.156. The first-order chi connectivity index (χ1) is 7.67. The maximum atomic E-state index is 11.5. The fourth-order valence-corrected chi connectivity index (χ4v) is 2.55. The van der Waals surface area contributed by atoms with Crippen molar-refractivity contribution in [3.05, 3.63) is 0 Å². The summed E-state index contributed by atoms with van der Waals surface area (Å²) in [6.07, 6.45) is 6.67. The molecule has 1 rings (SSSR count). The highest BCUT2D eigenvalue weighted by molar-refractivity contribution is 5.81. The molecule has 0 aliphatic heterocycles. The van der Waals surface area contributed by atoms with E-state index < -0.39 is 11.5 Å². The van der Waals surface area contributed by atoms with Crippen molar-refractivity contribution in [2.45, 2.75) is 57.4 Å². The molecule has 0 unspecified atom stereocenters. The maximum absolute atomic E-state index is 11.5. The van der Waals surface area contributed by atoms with Crippen LogP contribution in [0.1, 0.15) is 51.9 Å². The molecule has 0 atom stereocenters. The van der Waals surface area contributed by atoms with Gasteiger partial charge in [0.05, 0.1) is 0 Å². The molecule has 4 heteroatoms. The van der Waals surface area contributed by atoms with E-state index in [1.54, 1.807) is 0 Å². The van der Waals surface area contributed by atoms with Crippen LogP contribution in [0, 0.1) is 0 Å². The summed E-state index contributed by atoms with van der Waals surface area (Å²) in [5.41, 5.74) is -0.936. The third kappa shape index (κ3) is 2.54. The zero-order chi connectivity index (χ0) is 12.0. The minimum atomic E-state index is -0.936. The molecule has 1 fully saturated rings. The molecule has 0 aromatic carbocycles. The van der Waals surface area contributed by atoms with Gasteiger partial charge in [0.1, 0.15) is 5.54 Å². The average Bonchev–Trinajstić information content (AvgIpc) is 2.52. The molecule has 0 heterocycles. The molecule has 92 valence electrons. The van der Waals surface area contributed by atoms with Crippen molar-refractivity contribution in [2.24, 2.45) is 0 Å². The highest BCUT2D eigenvalue weighted by Crippen LogP contribution is 2.32. The van der Waals surface area contributed by atoms with Crippen molar-refractivity contribution in [3.8, 4) is 0 Å². The molecule has 0 aromatic heterocycles. The van der Waals surface area contributed by atoms with Crippen LogP contribution in [0.4, 0.5) is 0 Å². The molecular weight excluding hydrogens is 206 g/mol. The van der Waals surface area contributed by atoms with Crippen molar-refractivity contribution < 1.29 is 14.7 Å². The minimum Gasteiger partial charge on any atom is -0.479 e. The third-order valence-corrected chi connectivity index (χ3v) is 3.47. The van der Waals surface area contributed by atoms with Crippen LogP contribution in [0.15, 0.2) is 0 Å². The standard InChI is InChI=1S/C12H21NO3/c1-2-9-13(10-14)12(11(15)16)7-5-3-4-6-8-12/h10H,2-9H2,1H3,(H,15,16). The Kier molecular flexibility index (Phi) is 4.77. The van der Waals surface area contributed by atoms with Crippen LogP contribution in [0.2, 0.25) is 0 Å². The van der Waals surface area contributed by atoms with E-state index in [4.69, 9.17) is 0 Å². The SMILES string of the molecule is CCCN(C=O)C1(C(=O)O)CCCCCC1. The number of hydrogen-bond acceptors (Lipinski definition) is 2. The highest BCUT2D eigenvalue weighted by Gasteiger charge is 2.43. The molecule has 16 heavy (non-hydrogen) atoms. The van der Waals surface area contributed by atoms with Crippen molar-refractivity contribution >= 4 is 12.4 Å². The molecule has 0 saturated heterocycles. The summed E-state index contributed by atoms with van der Waals surface area (Å²) >= 11 is 0. The highest BCUT2D eigenvalue weighted by atomic mass is 16.4. The van der Waals surface area contributed by atoms with Crippen molar-refractivity contribution in [2.75, 3.05) is 6.54 Å². The molecule has 1 saturated carbocycles. The second-order valence-electron chi connectivity index (χ2n) is 4.55. The van der Waals surface area contributed by atoms with Gasteiger partial charge in [0.15, 0.2) is 0 Å². The Labute approximate surface area is 96.6 Å². The Morgan fingerprint density at radius 2 is 1.88 bits per heavy atom. The molecule has 4 nitrogen and oxygen atoms in total. The van der Waals surface area contributed by atoms with Crippen LogP contribution in [0.5, 0.6) is 0 Å². The predicted molar refractivity (Wildman–Crippen MR) is 61.1 cm³/mol. The summed E-state index contributed by atoms with van der Waals surface area (Å²) in [6.45, 7) is 2.50. The summed E-state index contributed by atoms with van der Waals surface area (Å²) in [5, 5.41) is 9.44. The van der Waals surface area contributed by atoms with Gasteiger partial charge in [-0.3, -0.25) is 4.79 Å². The molecule has 0 aromatic rings. The van der Waals surface area contributed by atoms with Crippen molar-refractivity contribution in [1.29, 1.82) is 0 Å². The monoisotopic (exact) mass is 227 g/mol. The van der Waals surface area contributed by atoms with Crippen LogP contribution in [0.25, 0.3) is 0 Å². The molecule has 0 radical (unpaired) electrons. The molecular formula is C12H21NO3. The lowest BCUT2D eigenvalue weighted by Crippen LogP contribution is -2.54. The first kappa shape index (κ1) is 13.0. The maximum Gasteiger partial charge on any atom is 0.329 e. The van der Waals surface area contributed by atoms with Gasteiger partial charge in [-0.05, 0) is 19.3 Å². The van der Waals surface area contributed by atoms with E-state index in [9.17, 15) is 14.7 Å². The summed E-state index contributed by atoms with van der Waals surface area (Å²) in [5.74, 6) is -0.838. The quantitative estimate of drug-likeness (QED) is 0.577. The average molecular weight is 227 g/mol. The van der Waals surface area contributed by atoms with Crippen LogP contribution >= 0.6 is 0 Å². The van der Waals surface area contributed by atoms with Gasteiger partial charge in [0.2, 0.25) is 6.41 Å². The van der Waals surface area contributed by atoms with E-state index in [-0.39, 0.29) is 0 Å². The van der Waals surface area contributed by atoms with Gasteiger partial charge in [0.25, 0.3) is 0 Å². The normalized spacial score (nSPS) is 19.8. The minimum absolute atomic E-state index is 0.538. The number of amides is 1. The fourth-order valence-electron chi connectivity index (χ4n) is 2.55. The summed E-state index contributed by atoms with van der Waals surface area (Å²) in [6, 6.07) is 0. The predicted octanol–water partition coefficient (Wildman–Crippen LogP) is 2.03. The molecule has 1 amide bonds. The van der Waals surface area contributed by atoms with Gasteiger partial charge in [-0.25, -0.2) is 4.79 Å². The number of carboxylic acid groups (broad SMARTS) is 1. The Hall–Kier alpha value is -1.06. The van der Waals surface area contributed by atoms with Gasteiger partial charge >= 0.3 is 5.97 Å². The number of hydrogen-bond donors (Lipinski definition) is 1. The number of carboxylic acids is 1. The van der Waals surface area contributed by atoms with E-state index >= 15 is 0 Å².